The number of sulfonamides is 1. The molecule has 1 rings (SSSR count). The normalized spacial score (nSPS) is 11.1. The fourth-order valence-corrected chi connectivity index (χ4v) is 1.66. The number of hydrogen-bond donors (Lipinski definition) is 4. The van der Waals surface area contributed by atoms with Crippen LogP contribution in [0, 0.1) is 0 Å². The minimum Gasteiger partial charge on any atom is -0.369 e. The van der Waals surface area contributed by atoms with Crippen LogP contribution in [0.15, 0.2) is 17.3 Å². The van der Waals surface area contributed by atoms with Gasteiger partial charge in [-0.05, 0) is 0 Å². The van der Waals surface area contributed by atoms with Crippen molar-refractivity contribution in [3.05, 3.63) is 12.4 Å². The van der Waals surface area contributed by atoms with Gasteiger partial charge in [-0.15, -0.1) is 0 Å². The number of aromatic nitrogens is 2. The highest BCUT2D eigenvalue weighted by Crippen LogP contribution is 2.05. The van der Waals surface area contributed by atoms with Gasteiger partial charge in [-0.3, -0.25) is 10.2 Å². The number of rotatable bonds is 5. The molecule has 0 saturated heterocycles. The van der Waals surface area contributed by atoms with Crippen molar-refractivity contribution in [2.75, 3.05) is 12.0 Å². The number of primary amides is 1. The van der Waals surface area contributed by atoms with Gasteiger partial charge in [0.1, 0.15) is 4.90 Å². The Morgan fingerprint density at radius 3 is 2.38 bits per heavy atom. The number of nitrogens with zero attached hydrogens (tertiary/aromatic N) is 2. The van der Waals surface area contributed by atoms with Crippen LogP contribution in [0.1, 0.15) is 0 Å². The molecule has 0 atom stereocenters. The second-order valence-corrected chi connectivity index (χ2v) is 4.44. The van der Waals surface area contributed by atoms with Gasteiger partial charge in [-0.1, -0.05) is 0 Å². The average molecular weight is 246 g/mol. The Hall–Kier alpha value is -1.78. The van der Waals surface area contributed by atoms with E-state index >= 15 is 0 Å². The third-order valence-corrected chi connectivity index (χ3v) is 2.86. The lowest BCUT2D eigenvalue weighted by molar-refractivity contribution is -0.116. The molecular formula is C6H10N6O3S. The maximum absolute atomic E-state index is 11.5. The molecule has 6 N–H and O–H groups in total. The fraction of sp³-hybridized carbons (Fsp3) is 0.167. The second-order valence-electron chi connectivity index (χ2n) is 2.68. The maximum atomic E-state index is 11.5. The van der Waals surface area contributed by atoms with Gasteiger partial charge in [0.25, 0.3) is 0 Å². The molecule has 0 aliphatic carbocycles. The van der Waals surface area contributed by atoms with E-state index in [1.807, 2.05) is 4.72 Å². The Morgan fingerprint density at radius 2 is 1.94 bits per heavy atom. The average Bonchev–Trinajstić information content (AvgIpc) is 2.27. The lowest BCUT2D eigenvalue weighted by Gasteiger charge is -2.04. The van der Waals surface area contributed by atoms with E-state index in [1.165, 1.54) is 0 Å². The number of hydrazine groups is 1. The minimum absolute atomic E-state index is 0.0776. The Kier molecular flexibility index (Phi) is 3.71. The zero-order valence-corrected chi connectivity index (χ0v) is 8.86. The molecule has 0 unspecified atom stereocenters. The highest BCUT2D eigenvalue weighted by molar-refractivity contribution is 7.89. The molecule has 1 heterocycles. The first kappa shape index (κ1) is 12.3. The van der Waals surface area contributed by atoms with Gasteiger partial charge < -0.3 is 5.73 Å². The van der Waals surface area contributed by atoms with Crippen molar-refractivity contribution in [2.24, 2.45) is 11.6 Å². The lowest BCUT2D eigenvalue weighted by atomic mass is 10.7. The summed E-state index contributed by atoms with van der Waals surface area (Å²) in [5.74, 6) is 4.30. The number of anilines is 1. The van der Waals surface area contributed by atoms with Crippen LogP contribution in [0.4, 0.5) is 5.95 Å². The molecule has 9 nitrogen and oxygen atoms in total. The largest absolute Gasteiger partial charge is 0.369 e. The summed E-state index contributed by atoms with van der Waals surface area (Å²) in [7, 11) is -3.82. The molecule has 0 fully saturated rings. The summed E-state index contributed by atoms with van der Waals surface area (Å²) < 4.78 is 24.9. The second kappa shape index (κ2) is 4.83. The molecule has 0 spiro atoms. The molecule has 1 amide bonds. The van der Waals surface area contributed by atoms with Gasteiger partial charge in [0.2, 0.25) is 21.9 Å². The van der Waals surface area contributed by atoms with E-state index in [2.05, 4.69) is 15.4 Å². The summed E-state index contributed by atoms with van der Waals surface area (Å²) in [5, 5.41) is 0. The van der Waals surface area contributed by atoms with Crippen LogP contribution < -0.4 is 21.7 Å². The zero-order chi connectivity index (χ0) is 12.2. The van der Waals surface area contributed by atoms with Crippen LogP contribution in [-0.2, 0) is 14.8 Å². The van der Waals surface area contributed by atoms with Crippen molar-refractivity contribution >= 4 is 21.9 Å². The number of hydrogen-bond acceptors (Lipinski definition) is 7. The van der Waals surface area contributed by atoms with Gasteiger partial charge >= 0.3 is 0 Å². The molecular weight excluding hydrogens is 236 g/mol. The number of carbonyl (C=O) groups is 1. The van der Waals surface area contributed by atoms with Crippen molar-refractivity contribution in [3.8, 4) is 0 Å². The topological polar surface area (TPSA) is 153 Å². The maximum Gasteiger partial charge on any atom is 0.244 e. The lowest BCUT2D eigenvalue weighted by Crippen LogP contribution is -2.33. The first-order valence-corrected chi connectivity index (χ1v) is 5.50. The smallest absolute Gasteiger partial charge is 0.244 e. The summed E-state index contributed by atoms with van der Waals surface area (Å²) in [6, 6.07) is 0. The van der Waals surface area contributed by atoms with Gasteiger partial charge in [-0.25, -0.2) is 29.0 Å². The predicted molar refractivity (Wildman–Crippen MR) is 54.2 cm³/mol. The van der Waals surface area contributed by atoms with E-state index in [0.717, 1.165) is 12.4 Å². The van der Waals surface area contributed by atoms with E-state index in [1.54, 1.807) is 0 Å². The van der Waals surface area contributed by atoms with Crippen molar-refractivity contribution < 1.29 is 13.2 Å². The molecule has 0 aromatic carbocycles. The number of amides is 1. The minimum atomic E-state index is -3.82. The third-order valence-electron chi connectivity index (χ3n) is 1.50. The first-order valence-electron chi connectivity index (χ1n) is 4.02. The molecule has 0 bridgehead atoms. The zero-order valence-electron chi connectivity index (χ0n) is 8.04. The predicted octanol–water partition coefficient (Wildman–Crippen LogP) is -2.47. The van der Waals surface area contributed by atoms with Crippen molar-refractivity contribution in [1.82, 2.24) is 14.7 Å². The number of nitrogens with two attached hydrogens (primary N) is 2. The fourth-order valence-electron chi connectivity index (χ4n) is 0.779. The molecule has 1 aromatic rings. The van der Waals surface area contributed by atoms with Crippen LogP contribution in [0.3, 0.4) is 0 Å². The Balaban J connectivity index is 2.85. The number of nitrogens with one attached hydrogen (secondary N) is 2. The van der Waals surface area contributed by atoms with E-state index in [4.69, 9.17) is 11.6 Å². The van der Waals surface area contributed by atoms with Crippen LogP contribution in [0.25, 0.3) is 0 Å². The number of carbonyl (C=O) groups excluding carboxylic acids is 1. The molecule has 10 heteroatoms. The van der Waals surface area contributed by atoms with E-state index in [-0.39, 0.29) is 10.8 Å². The molecule has 1 aromatic heterocycles. The monoisotopic (exact) mass is 246 g/mol. The van der Waals surface area contributed by atoms with Gasteiger partial charge in [-0.2, -0.15) is 0 Å². The Morgan fingerprint density at radius 1 is 1.38 bits per heavy atom. The van der Waals surface area contributed by atoms with E-state index in [9.17, 15) is 13.2 Å². The Labute approximate surface area is 91.3 Å². The van der Waals surface area contributed by atoms with Gasteiger partial charge in [0.15, 0.2) is 0 Å². The van der Waals surface area contributed by atoms with Crippen LogP contribution in [0.2, 0.25) is 0 Å². The van der Waals surface area contributed by atoms with Crippen LogP contribution in [0.5, 0.6) is 0 Å². The van der Waals surface area contributed by atoms with Gasteiger partial charge in [0, 0.05) is 0 Å². The van der Waals surface area contributed by atoms with E-state index in [0.29, 0.717) is 0 Å². The van der Waals surface area contributed by atoms with E-state index < -0.39 is 22.5 Å². The highest BCUT2D eigenvalue weighted by Gasteiger charge is 2.15. The summed E-state index contributed by atoms with van der Waals surface area (Å²) in [5.41, 5.74) is 6.94. The first-order chi connectivity index (χ1) is 7.45. The summed E-state index contributed by atoms with van der Waals surface area (Å²) in [4.78, 5) is 17.4. The molecule has 16 heavy (non-hydrogen) atoms. The highest BCUT2D eigenvalue weighted by atomic mass is 32.2. The quantitative estimate of drug-likeness (QED) is 0.331. The third kappa shape index (κ3) is 3.12. The molecule has 88 valence electrons. The molecule has 0 saturated carbocycles. The van der Waals surface area contributed by atoms with Gasteiger partial charge in [0.05, 0.1) is 18.9 Å². The summed E-state index contributed by atoms with van der Waals surface area (Å²) >= 11 is 0. The van der Waals surface area contributed by atoms with Crippen LogP contribution in [-0.4, -0.2) is 30.8 Å². The molecule has 0 radical (unpaired) electrons. The number of nitrogen functional groups attached to an aromatic ring is 1. The van der Waals surface area contributed by atoms with Crippen LogP contribution >= 0.6 is 0 Å². The summed E-state index contributed by atoms with van der Waals surface area (Å²) in [6.07, 6.45) is 2.09. The van der Waals surface area contributed by atoms with Crippen molar-refractivity contribution in [2.45, 2.75) is 4.90 Å². The standard InChI is InChI=1S/C6H10N6O3S/c7-5(13)3-11-16(14,15)4-1-9-6(12-8)10-2-4/h1-2,11H,3,8H2,(H2,7,13)(H,9,10,12). The van der Waals surface area contributed by atoms with Crippen molar-refractivity contribution in [1.29, 1.82) is 0 Å². The SMILES string of the molecule is NNc1ncc(S(=O)(=O)NCC(N)=O)cn1. The molecule has 0 aliphatic heterocycles. The Bertz CT molecular complexity index is 470. The summed E-state index contributed by atoms with van der Waals surface area (Å²) in [6.45, 7) is -0.487. The molecule has 0 aliphatic rings. The van der Waals surface area contributed by atoms with Crippen molar-refractivity contribution in [3.63, 3.8) is 0 Å².